The van der Waals surface area contributed by atoms with E-state index in [1.54, 1.807) is 0 Å². The average molecular weight is 224 g/mol. The molecule has 2 N–H and O–H groups in total. The van der Waals surface area contributed by atoms with Crippen molar-refractivity contribution in [3.63, 3.8) is 0 Å². The lowest BCUT2D eigenvalue weighted by Crippen LogP contribution is -2.43. The Labute approximate surface area is 98.4 Å². The molecule has 0 radical (unpaired) electrons. The van der Waals surface area contributed by atoms with Crippen molar-refractivity contribution in [2.24, 2.45) is 11.7 Å². The fourth-order valence-electron chi connectivity index (χ4n) is 2.99. The summed E-state index contributed by atoms with van der Waals surface area (Å²) < 4.78 is 0. The topological polar surface area (TPSA) is 46.3 Å². The molecule has 0 spiro atoms. The van der Waals surface area contributed by atoms with Crippen LogP contribution in [-0.2, 0) is 4.79 Å². The van der Waals surface area contributed by atoms with E-state index >= 15 is 0 Å². The molecule has 2 rings (SSSR count). The van der Waals surface area contributed by atoms with Crippen LogP contribution in [0.3, 0.4) is 0 Å². The van der Waals surface area contributed by atoms with E-state index < -0.39 is 0 Å². The molecule has 2 fully saturated rings. The third-order valence-electron chi connectivity index (χ3n) is 4.05. The number of nitrogens with zero attached hydrogens (tertiary/aromatic N) is 1. The minimum Gasteiger partial charge on any atom is -0.342 e. The first-order chi connectivity index (χ1) is 7.79. The van der Waals surface area contributed by atoms with E-state index in [9.17, 15) is 4.79 Å². The maximum atomic E-state index is 12.3. The highest BCUT2D eigenvalue weighted by molar-refractivity contribution is 5.79. The molecule has 1 saturated heterocycles. The summed E-state index contributed by atoms with van der Waals surface area (Å²) in [6.07, 6.45) is 9.33. The Morgan fingerprint density at radius 3 is 2.25 bits per heavy atom. The molecule has 3 nitrogen and oxygen atoms in total. The number of hydrogen-bond donors (Lipinski definition) is 1. The van der Waals surface area contributed by atoms with Gasteiger partial charge in [0.15, 0.2) is 0 Å². The maximum Gasteiger partial charge on any atom is 0.227 e. The molecular formula is C13H24N2O. The van der Waals surface area contributed by atoms with Crippen LogP contribution in [0.1, 0.15) is 51.4 Å². The van der Waals surface area contributed by atoms with Gasteiger partial charge in [-0.3, -0.25) is 4.79 Å². The fourth-order valence-corrected chi connectivity index (χ4v) is 2.99. The van der Waals surface area contributed by atoms with Gasteiger partial charge in [0, 0.05) is 19.1 Å². The van der Waals surface area contributed by atoms with Crippen molar-refractivity contribution in [1.29, 1.82) is 0 Å². The first kappa shape index (κ1) is 11.9. The zero-order valence-electron chi connectivity index (χ0n) is 10.2. The molecule has 1 aliphatic carbocycles. The molecule has 0 aromatic carbocycles. The van der Waals surface area contributed by atoms with Crippen molar-refractivity contribution in [1.82, 2.24) is 4.90 Å². The lowest BCUT2D eigenvalue weighted by atomic mass is 9.86. The summed E-state index contributed by atoms with van der Waals surface area (Å²) >= 11 is 0. The van der Waals surface area contributed by atoms with Crippen molar-refractivity contribution in [3.05, 3.63) is 0 Å². The fraction of sp³-hybridized carbons (Fsp3) is 0.923. The SMILES string of the molecule is N[C@@H]1CCCCCC[C@H]1C(=O)N1CCCC1. The van der Waals surface area contributed by atoms with Crippen LogP contribution in [0.4, 0.5) is 0 Å². The van der Waals surface area contributed by atoms with E-state index in [2.05, 4.69) is 0 Å². The minimum absolute atomic E-state index is 0.105. The lowest BCUT2D eigenvalue weighted by Gasteiger charge is -2.29. The van der Waals surface area contributed by atoms with E-state index in [1.807, 2.05) is 4.90 Å². The Kier molecular flexibility index (Phi) is 4.22. The second-order valence-corrected chi connectivity index (χ2v) is 5.29. The van der Waals surface area contributed by atoms with Crippen LogP contribution in [-0.4, -0.2) is 29.9 Å². The van der Waals surface area contributed by atoms with Gasteiger partial charge in [-0.15, -0.1) is 0 Å². The Morgan fingerprint density at radius 2 is 1.56 bits per heavy atom. The highest BCUT2D eigenvalue weighted by atomic mass is 16.2. The molecule has 0 bridgehead atoms. The number of rotatable bonds is 1. The van der Waals surface area contributed by atoms with Gasteiger partial charge in [-0.2, -0.15) is 0 Å². The number of carbonyl (C=O) groups excluding carboxylic acids is 1. The van der Waals surface area contributed by atoms with Crippen LogP contribution >= 0.6 is 0 Å². The Hall–Kier alpha value is -0.570. The molecule has 1 amide bonds. The van der Waals surface area contributed by atoms with Gasteiger partial charge in [-0.05, 0) is 25.7 Å². The Bertz CT molecular complexity index is 236. The monoisotopic (exact) mass is 224 g/mol. The molecular weight excluding hydrogens is 200 g/mol. The summed E-state index contributed by atoms with van der Waals surface area (Å²) in [7, 11) is 0. The molecule has 0 aromatic heterocycles. The second kappa shape index (κ2) is 5.67. The van der Waals surface area contributed by atoms with Crippen LogP contribution in [0.25, 0.3) is 0 Å². The van der Waals surface area contributed by atoms with E-state index in [0.717, 1.165) is 25.9 Å². The van der Waals surface area contributed by atoms with Crippen molar-refractivity contribution < 1.29 is 4.79 Å². The van der Waals surface area contributed by atoms with Gasteiger partial charge in [-0.1, -0.05) is 25.7 Å². The first-order valence-corrected chi connectivity index (χ1v) is 6.83. The Balaban J connectivity index is 1.95. The molecule has 16 heavy (non-hydrogen) atoms. The Morgan fingerprint density at radius 1 is 0.938 bits per heavy atom. The van der Waals surface area contributed by atoms with Gasteiger partial charge in [0.25, 0.3) is 0 Å². The number of nitrogens with two attached hydrogens (primary N) is 1. The summed E-state index contributed by atoms with van der Waals surface area (Å²) in [4.78, 5) is 14.4. The number of likely N-dealkylation sites (tertiary alicyclic amines) is 1. The molecule has 0 unspecified atom stereocenters. The predicted octanol–water partition coefficient (Wildman–Crippen LogP) is 1.91. The highest BCUT2D eigenvalue weighted by Crippen LogP contribution is 2.24. The molecule has 92 valence electrons. The van der Waals surface area contributed by atoms with E-state index in [-0.39, 0.29) is 12.0 Å². The summed E-state index contributed by atoms with van der Waals surface area (Å²) in [6.45, 7) is 1.92. The van der Waals surface area contributed by atoms with E-state index in [0.29, 0.717) is 5.91 Å². The van der Waals surface area contributed by atoms with Gasteiger partial charge in [0.05, 0.1) is 5.92 Å². The third kappa shape index (κ3) is 2.76. The molecule has 2 aliphatic rings. The minimum atomic E-state index is 0.105. The third-order valence-corrected chi connectivity index (χ3v) is 4.05. The van der Waals surface area contributed by atoms with Crippen molar-refractivity contribution in [2.75, 3.05) is 13.1 Å². The van der Waals surface area contributed by atoms with Crippen LogP contribution in [0, 0.1) is 5.92 Å². The molecule has 0 aromatic rings. The van der Waals surface area contributed by atoms with Gasteiger partial charge in [-0.25, -0.2) is 0 Å². The zero-order valence-corrected chi connectivity index (χ0v) is 10.2. The van der Waals surface area contributed by atoms with Gasteiger partial charge in [0.2, 0.25) is 5.91 Å². The van der Waals surface area contributed by atoms with Crippen molar-refractivity contribution in [3.8, 4) is 0 Å². The predicted molar refractivity (Wildman–Crippen MR) is 65.0 cm³/mol. The smallest absolute Gasteiger partial charge is 0.227 e. The molecule has 3 heteroatoms. The number of hydrogen-bond acceptors (Lipinski definition) is 2. The summed E-state index contributed by atoms with van der Waals surface area (Å²) in [5.74, 6) is 0.449. The normalized spacial score (nSPS) is 32.2. The van der Waals surface area contributed by atoms with Crippen LogP contribution < -0.4 is 5.73 Å². The van der Waals surface area contributed by atoms with Gasteiger partial charge < -0.3 is 10.6 Å². The molecule has 1 saturated carbocycles. The second-order valence-electron chi connectivity index (χ2n) is 5.29. The standard InChI is InChI=1S/C13H24N2O/c14-12-8-4-2-1-3-7-11(12)13(16)15-9-5-6-10-15/h11-12H,1-10,14H2/t11-,12-/m1/s1. The van der Waals surface area contributed by atoms with E-state index in [1.165, 1.54) is 38.5 Å². The largest absolute Gasteiger partial charge is 0.342 e. The first-order valence-electron chi connectivity index (χ1n) is 6.83. The van der Waals surface area contributed by atoms with E-state index in [4.69, 9.17) is 5.73 Å². The molecule has 2 atom stereocenters. The van der Waals surface area contributed by atoms with Gasteiger partial charge >= 0.3 is 0 Å². The van der Waals surface area contributed by atoms with Crippen LogP contribution in [0.5, 0.6) is 0 Å². The number of carbonyl (C=O) groups is 1. The summed E-state index contributed by atoms with van der Waals surface area (Å²) in [5.41, 5.74) is 6.17. The van der Waals surface area contributed by atoms with Crippen LogP contribution in [0.2, 0.25) is 0 Å². The number of amides is 1. The van der Waals surface area contributed by atoms with Crippen molar-refractivity contribution >= 4 is 5.91 Å². The maximum absolute atomic E-state index is 12.3. The van der Waals surface area contributed by atoms with Gasteiger partial charge in [0.1, 0.15) is 0 Å². The zero-order chi connectivity index (χ0) is 11.4. The van der Waals surface area contributed by atoms with Crippen LogP contribution in [0.15, 0.2) is 0 Å². The summed E-state index contributed by atoms with van der Waals surface area (Å²) in [6, 6.07) is 0.105. The lowest BCUT2D eigenvalue weighted by molar-refractivity contribution is -0.135. The summed E-state index contributed by atoms with van der Waals surface area (Å²) in [5, 5.41) is 0. The van der Waals surface area contributed by atoms with Crippen molar-refractivity contribution in [2.45, 2.75) is 57.4 Å². The average Bonchev–Trinajstić information content (AvgIpc) is 2.76. The quantitative estimate of drug-likeness (QED) is 0.739. The highest BCUT2D eigenvalue weighted by Gasteiger charge is 2.30. The molecule has 1 heterocycles. The molecule has 1 aliphatic heterocycles.